The number of carbonyl (C=O) groups is 1. The molecule has 138 valence electrons. The topological polar surface area (TPSA) is 83.1 Å². The van der Waals surface area contributed by atoms with Crippen molar-refractivity contribution in [3.63, 3.8) is 0 Å². The van der Waals surface area contributed by atoms with Crippen LogP contribution < -0.4 is 0 Å². The molecule has 1 N–H and O–H groups in total. The summed E-state index contributed by atoms with van der Waals surface area (Å²) >= 11 is 0. The summed E-state index contributed by atoms with van der Waals surface area (Å²) < 4.78 is 22.9. The van der Waals surface area contributed by atoms with E-state index in [0.29, 0.717) is 19.0 Å². The Morgan fingerprint density at radius 1 is 1.31 bits per heavy atom. The molecule has 1 atom stereocenters. The lowest BCUT2D eigenvalue weighted by atomic mass is 9.95. The monoisotopic (exact) mass is 373 g/mol. The van der Waals surface area contributed by atoms with Crippen molar-refractivity contribution in [1.82, 2.24) is 14.9 Å². The number of sulfone groups is 1. The second-order valence-corrected chi connectivity index (χ2v) is 9.30. The number of hydrogen-bond donors (Lipinski definition) is 1. The second-order valence-electron chi connectivity index (χ2n) is 7.37. The number of hydrogen-bond acceptors (Lipinski definition) is 4. The van der Waals surface area contributed by atoms with Crippen molar-refractivity contribution in [2.24, 2.45) is 5.92 Å². The van der Waals surface area contributed by atoms with Crippen molar-refractivity contribution in [2.45, 2.75) is 32.1 Å². The lowest BCUT2D eigenvalue weighted by molar-refractivity contribution is -0.132. The number of aryl methyl sites for hydroxylation is 1. The molecule has 2 aliphatic rings. The summed E-state index contributed by atoms with van der Waals surface area (Å²) in [5.41, 5.74) is 3.25. The van der Waals surface area contributed by atoms with E-state index in [9.17, 15) is 13.2 Å². The minimum atomic E-state index is -3.10. The Labute approximate surface area is 153 Å². The third-order valence-electron chi connectivity index (χ3n) is 5.41. The van der Waals surface area contributed by atoms with Crippen LogP contribution >= 0.6 is 0 Å². The molecule has 26 heavy (non-hydrogen) atoms. The number of nitrogens with zero attached hydrogens (tertiary/aromatic N) is 2. The average molecular weight is 373 g/mol. The van der Waals surface area contributed by atoms with E-state index in [2.05, 4.69) is 18.0 Å². The van der Waals surface area contributed by atoms with Gasteiger partial charge in [0.2, 0.25) is 5.91 Å². The van der Waals surface area contributed by atoms with Crippen LogP contribution in [0.4, 0.5) is 0 Å². The standard InChI is InChI=1S/C19H23N3O3S/c1-13-3-2-4-16-18(13)21-19(20-16)15-5-8-22(9-6-15)17(23)11-14-7-10-26(24,25)12-14/h2-4,7,10,14-15H,5-6,8-9,11-12H2,1H3,(H,20,21). The van der Waals surface area contributed by atoms with Gasteiger partial charge in [-0.25, -0.2) is 13.4 Å². The maximum absolute atomic E-state index is 12.5. The van der Waals surface area contributed by atoms with E-state index < -0.39 is 9.84 Å². The first kappa shape index (κ1) is 17.3. The van der Waals surface area contributed by atoms with Gasteiger partial charge in [-0.3, -0.25) is 4.79 Å². The van der Waals surface area contributed by atoms with Crippen LogP contribution in [0.1, 0.15) is 36.6 Å². The number of carbonyl (C=O) groups excluding carboxylic acids is 1. The largest absolute Gasteiger partial charge is 0.343 e. The fraction of sp³-hybridized carbons (Fsp3) is 0.474. The van der Waals surface area contributed by atoms with Crippen LogP contribution in [0.25, 0.3) is 11.0 Å². The number of allylic oxidation sites excluding steroid dienone is 1. The third kappa shape index (κ3) is 3.40. The van der Waals surface area contributed by atoms with Crippen LogP contribution in [-0.4, -0.2) is 48.0 Å². The van der Waals surface area contributed by atoms with Gasteiger partial charge in [0.25, 0.3) is 0 Å². The highest BCUT2D eigenvalue weighted by molar-refractivity contribution is 7.94. The molecule has 0 radical (unpaired) electrons. The molecular weight excluding hydrogens is 350 g/mol. The molecule has 6 nitrogen and oxygen atoms in total. The second kappa shape index (κ2) is 6.54. The Kier molecular flexibility index (Phi) is 4.34. The quantitative estimate of drug-likeness (QED) is 0.896. The van der Waals surface area contributed by atoms with E-state index in [1.54, 1.807) is 6.08 Å². The predicted octanol–water partition coefficient (Wildman–Crippen LogP) is 2.53. The molecule has 1 fully saturated rings. The van der Waals surface area contributed by atoms with E-state index in [1.165, 1.54) is 5.41 Å². The summed E-state index contributed by atoms with van der Waals surface area (Å²) in [7, 11) is -3.10. The number of likely N-dealkylation sites (tertiary alicyclic amines) is 1. The van der Waals surface area contributed by atoms with Gasteiger partial charge < -0.3 is 9.88 Å². The molecule has 3 heterocycles. The van der Waals surface area contributed by atoms with Crippen molar-refractivity contribution >= 4 is 26.8 Å². The first-order chi connectivity index (χ1) is 12.4. The molecule has 1 aromatic heterocycles. The van der Waals surface area contributed by atoms with E-state index in [4.69, 9.17) is 4.98 Å². The molecule has 0 spiro atoms. The third-order valence-corrected chi connectivity index (χ3v) is 6.87. The van der Waals surface area contributed by atoms with E-state index >= 15 is 0 Å². The minimum absolute atomic E-state index is 0.0515. The van der Waals surface area contributed by atoms with Gasteiger partial charge in [-0.05, 0) is 31.4 Å². The molecule has 0 aliphatic carbocycles. The van der Waals surface area contributed by atoms with Crippen molar-refractivity contribution in [2.75, 3.05) is 18.8 Å². The smallest absolute Gasteiger partial charge is 0.223 e. The van der Waals surface area contributed by atoms with Crippen LogP contribution in [0.3, 0.4) is 0 Å². The van der Waals surface area contributed by atoms with Crippen LogP contribution in [0, 0.1) is 12.8 Å². The van der Waals surface area contributed by atoms with Gasteiger partial charge in [-0.1, -0.05) is 18.2 Å². The highest BCUT2D eigenvalue weighted by Gasteiger charge is 2.29. The van der Waals surface area contributed by atoms with Crippen LogP contribution in [0.15, 0.2) is 29.7 Å². The summed E-state index contributed by atoms with van der Waals surface area (Å²) in [5, 5.41) is 1.24. The molecule has 4 rings (SSSR count). The lowest BCUT2D eigenvalue weighted by Crippen LogP contribution is -2.39. The van der Waals surface area contributed by atoms with Gasteiger partial charge in [0, 0.05) is 36.8 Å². The SMILES string of the molecule is Cc1cccc2[nH]c(C3CCN(C(=O)CC4C=CS(=O)(=O)C4)CC3)nc12. The van der Waals surface area contributed by atoms with Gasteiger partial charge in [-0.15, -0.1) is 0 Å². The number of nitrogens with one attached hydrogen (secondary N) is 1. The number of piperidine rings is 1. The first-order valence-corrected chi connectivity index (χ1v) is 10.8. The number of para-hydroxylation sites is 1. The predicted molar refractivity (Wildman–Crippen MR) is 100 cm³/mol. The zero-order valence-electron chi connectivity index (χ0n) is 14.8. The average Bonchev–Trinajstić information content (AvgIpc) is 3.19. The molecule has 2 aromatic rings. The number of aromatic amines is 1. The van der Waals surface area contributed by atoms with Crippen LogP contribution in [-0.2, 0) is 14.6 Å². The molecule has 2 aliphatic heterocycles. The maximum atomic E-state index is 12.5. The number of amides is 1. The zero-order chi connectivity index (χ0) is 18.3. The number of H-pyrrole nitrogens is 1. The van der Waals surface area contributed by atoms with Crippen molar-refractivity contribution in [3.8, 4) is 0 Å². The molecule has 0 bridgehead atoms. The summed E-state index contributed by atoms with van der Waals surface area (Å²) in [4.78, 5) is 22.5. The molecule has 1 aromatic carbocycles. The molecule has 0 saturated carbocycles. The summed E-state index contributed by atoms with van der Waals surface area (Å²) in [6.45, 7) is 3.46. The molecule has 7 heteroatoms. The fourth-order valence-corrected chi connectivity index (χ4v) is 5.31. The Morgan fingerprint density at radius 2 is 2.08 bits per heavy atom. The lowest BCUT2D eigenvalue weighted by Gasteiger charge is -2.31. The Hall–Kier alpha value is -2.15. The van der Waals surface area contributed by atoms with Gasteiger partial charge in [-0.2, -0.15) is 0 Å². The van der Waals surface area contributed by atoms with E-state index in [1.807, 2.05) is 17.0 Å². The summed E-state index contributed by atoms with van der Waals surface area (Å²) in [6.07, 6.45) is 3.69. The fourth-order valence-electron chi connectivity index (χ4n) is 3.91. The number of aromatic nitrogens is 2. The zero-order valence-corrected chi connectivity index (χ0v) is 15.6. The summed E-state index contributed by atoms with van der Waals surface area (Å²) in [5.74, 6) is 1.27. The number of benzene rings is 1. The van der Waals surface area contributed by atoms with Crippen molar-refractivity contribution in [1.29, 1.82) is 0 Å². The van der Waals surface area contributed by atoms with Gasteiger partial charge in [0.15, 0.2) is 9.84 Å². The Balaban J connectivity index is 1.37. The maximum Gasteiger partial charge on any atom is 0.223 e. The molecule has 1 unspecified atom stereocenters. The Morgan fingerprint density at radius 3 is 2.73 bits per heavy atom. The van der Waals surface area contributed by atoms with Crippen LogP contribution in [0.2, 0.25) is 0 Å². The molecule has 1 saturated heterocycles. The van der Waals surface area contributed by atoms with Crippen molar-refractivity contribution < 1.29 is 13.2 Å². The summed E-state index contributed by atoms with van der Waals surface area (Å²) in [6, 6.07) is 6.13. The molecular formula is C19H23N3O3S. The number of imidazole rings is 1. The van der Waals surface area contributed by atoms with Gasteiger partial charge >= 0.3 is 0 Å². The van der Waals surface area contributed by atoms with E-state index in [0.717, 1.165) is 35.3 Å². The number of rotatable bonds is 3. The highest BCUT2D eigenvalue weighted by Crippen LogP contribution is 2.29. The number of fused-ring (bicyclic) bond motifs is 1. The minimum Gasteiger partial charge on any atom is -0.343 e. The van der Waals surface area contributed by atoms with Crippen LogP contribution in [0.5, 0.6) is 0 Å². The highest BCUT2D eigenvalue weighted by atomic mass is 32.2. The normalized spacial score (nSPS) is 23.0. The molecule has 1 amide bonds. The Bertz CT molecular complexity index is 969. The van der Waals surface area contributed by atoms with E-state index in [-0.39, 0.29) is 24.0 Å². The van der Waals surface area contributed by atoms with Crippen molar-refractivity contribution in [3.05, 3.63) is 41.1 Å². The first-order valence-electron chi connectivity index (χ1n) is 9.05. The van der Waals surface area contributed by atoms with Gasteiger partial charge in [0.1, 0.15) is 5.82 Å². The van der Waals surface area contributed by atoms with Gasteiger partial charge in [0.05, 0.1) is 16.8 Å².